The van der Waals surface area contributed by atoms with Crippen molar-refractivity contribution >= 4 is 11.6 Å². The molecule has 8 atom stereocenters. The molecule has 4 aliphatic carbocycles. The van der Waals surface area contributed by atoms with Crippen LogP contribution in [0.2, 0.25) is 0 Å². The van der Waals surface area contributed by atoms with Gasteiger partial charge in [-0.2, -0.15) is 0 Å². The van der Waals surface area contributed by atoms with Crippen LogP contribution in [0, 0.1) is 28.6 Å². The number of ketones is 2. The van der Waals surface area contributed by atoms with Crippen molar-refractivity contribution < 1.29 is 29.3 Å². The first-order valence-corrected chi connectivity index (χ1v) is 10.1. The van der Waals surface area contributed by atoms with E-state index in [1.165, 1.54) is 12.2 Å². The first kappa shape index (κ1) is 19.9. The Morgan fingerprint density at radius 2 is 2.00 bits per heavy atom. The van der Waals surface area contributed by atoms with E-state index < -0.39 is 52.4 Å². The van der Waals surface area contributed by atoms with Crippen molar-refractivity contribution in [3.05, 3.63) is 23.8 Å². The first-order chi connectivity index (χ1) is 13.0. The van der Waals surface area contributed by atoms with Crippen LogP contribution >= 0.6 is 0 Å². The van der Waals surface area contributed by atoms with Crippen LogP contribution in [0.4, 0.5) is 4.39 Å². The van der Waals surface area contributed by atoms with Gasteiger partial charge in [0, 0.05) is 16.7 Å². The zero-order valence-corrected chi connectivity index (χ0v) is 16.6. The van der Waals surface area contributed by atoms with E-state index in [2.05, 4.69) is 0 Å². The highest BCUT2D eigenvalue weighted by Gasteiger charge is 2.75. The molecule has 4 rings (SSSR count). The number of fused-ring (bicyclic) bond motifs is 5. The Labute approximate surface area is 164 Å². The summed E-state index contributed by atoms with van der Waals surface area (Å²) >= 11 is 0. The van der Waals surface area contributed by atoms with Gasteiger partial charge in [0.2, 0.25) is 0 Å². The molecular weight excluding hydrogens is 363 g/mol. The van der Waals surface area contributed by atoms with Crippen LogP contribution in [0.15, 0.2) is 23.8 Å². The van der Waals surface area contributed by atoms with Crippen molar-refractivity contribution in [2.24, 2.45) is 28.6 Å². The normalized spacial score (nSPS) is 52.5. The third kappa shape index (κ3) is 2.01. The molecule has 3 saturated carbocycles. The van der Waals surface area contributed by atoms with E-state index in [-0.39, 0.29) is 18.1 Å². The van der Waals surface area contributed by atoms with Gasteiger partial charge in [0.1, 0.15) is 12.2 Å². The van der Waals surface area contributed by atoms with Gasteiger partial charge in [0.05, 0.1) is 6.10 Å². The fraction of sp³-hybridized carbons (Fsp3) is 0.727. The lowest BCUT2D eigenvalue weighted by atomic mass is 9.44. The fourth-order valence-corrected chi connectivity index (χ4v) is 7.26. The molecule has 6 heteroatoms. The average Bonchev–Trinajstić information content (AvgIpc) is 2.84. The number of aliphatic hydroxyl groups excluding tert-OH is 2. The first-order valence-electron chi connectivity index (χ1n) is 10.1. The molecule has 3 fully saturated rings. The Hall–Kier alpha value is -1.37. The van der Waals surface area contributed by atoms with Gasteiger partial charge in [-0.05, 0) is 56.6 Å². The molecule has 0 spiro atoms. The summed E-state index contributed by atoms with van der Waals surface area (Å²) in [5, 5.41) is 32.0. The molecule has 0 saturated heterocycles. The van der Waals surface area contributed by atoms with Gasteiger partial charge < -0.3 is 15.3 Å². The number of allylic oxidation sites excluding steroid dienone is 4. The lowest BCUT2D eigenvalue weighted by Crippen LogP contribution is -2.69. The Kier molecular flexibility index (Phi) is 4.15. The number of aliphatic hydroxyl groups is 3. The molecule has 0 aromatic carbocycles. The van der Waals surface area contributed by atoms with Crippen LogP contribution in [0.3, 0.4) is 0 Å². The molecule has 0 aliphatic heterocycles. The number of carbonyl (C=O) groups is 2. The van der Waals surface area contributed by atoms with Gasteiger partial charge in [-0.3, -0.25) is 9.59 Å². The molecule has 5 nitrogen and oxygen atoms in total. The van der Waals surface area contributed by atoms with Crippen LogP contribution in [0.1, 0.15) is 46.5 Å². The number of rotatable bonds is 2. The molecule has 154 valence electrons. The maximum Gasteiger partial charge on any atom is 0.190 e. The van der Waals surface area contributed by atoms with Crippen LogP contribution in [0.25, 0.3) is 0 Å². The SMILES string of the molecule is C[C@@H]1CC2C3CCC4=CC(=O)C=C[C@]4(C)[C@@]3(F)C(O)C[C@]2(C)[C@@]1(O)C(=O)CO. The number of hydrogen-bond donors (Lipinski definition) is 3. The Morgan fingerprint density at radius 3 is 2.64 bits per heavy atom. The minimum Gasteiger partial charge on any atom is -0.390 e. The van der Waals surface area contributed by atoms with Gasteiger partial charge in [-0.1, -0.05) is 25.5 Å². The summed E-state index contributed by atoms with van der Waals surface area (Å²) < 4.78 is 16.9. The van der Waals surface area contributed by atoms with Gasteiger partial charge in [0.25, 0.3) is 0 Å². The zero-order valence-electron chi connectivity index (χ0n) is 16.6. The summed E-state index contributed by atoms with van der Waals surface area (Å²) in [6.07, 6.45) is 4.44. The number of alkyl halides is 1. The van der Waals surface area contributed by atoms with Crippen molar-refractivity contribution in [2.75, 3.05) is 6.61 Å². The van der Waals surface area contributed by atoms with Crippen molar-refractivity contribution in [2.45, 2.75) is 63.8 Å². The largest absolute Gasteiger partial charge is 0.390 e. The highest BCUT2D eigenvalue weighted by atomic mass is 19.1. The van der Waals surface area contributed by atoms with Crippen molar-refractivity contribution in [1.82, 2.24) is 0 Å². The fourth-order valence-electron chi connectivity index (χ4n) is 7.26. The molecular formula is C22H29FO5. The van der Waals surface area contributed by atoms with Crippen LogP contribution < -0.4 is 0 Å². The lowest BCUT2D eigenvalue weighted by molar-refractivity contribution is -0.219. The van der Waals surface area contributed by atoms with Gasteiger partial charge >= 0.3 is 0 Å². The number of carbonyl (C=O) groups excluding carboxylic acids is 2. The molecule has 0 aromatic rings. The maximum atomic E-state index is 16.9. The molecule has 0 amide bonds. The van der Waals surface area contributed by atoms with E-state index >= 15 is 4.39 Å². The second-order valence-electron chi connectivity index (χ2n) is 9.75. The number of halogens is 1. The van der Waals surface area contributed by atoms with Crippen molar-refractivity contribution in [1.29, 1.82) is 0 Å². The third-order valence-corrected chi connectivity index (χ3v) is 8.79. The molecule has 28 heavy (non-hydrogen) atoms. The summed E-state index contributed by atoms with van der Waals surface area (Å²) in [5.41, 5.74) is -5.17. The second kappa shape index (κ2) is 5.83. The third-order valence-electron chi connectivity index (χ3n) is 8.79. The standard InChI is InChI=1S/C22H29FO5/c1-12-8-16-15-5-4-13-9-14(25)6-7-19(13,2)21(15,23)17(26)10-20(16,3)22(12,28)18(27)11-24/h6-7,9,12,15-17,24,26,28H,4-5,8,10-11H2,1-3H3/t12-,15?,16?,17?,19+,20+,21+,22+/m1/s1. The smallest absolute Gasteiger partial charge is 0.190 e. The highest BCUT2D eigenvalue weighted by molar-refractivity contribution is 6.01. The summed E-state index contributed by atoms with van der Waals surface area (Å²) in [7, 11) is 0. The average molecular weight is 392 g/mol. The minimum absolute atomic E-state index is 0.0676. The van der Waals surface area contributed by atoms with Crippen LogP contribution in [-0.4, -0.2) is 50.9 Å². The summed E-state index contributed by atoms with van der Waals surface area (Å²) in [5.74, 6) is -2.12. The quantitative estimate of drug-likeness (QED) is 0.667. The molecule has 4 aliphatic rings. The zero-order chi connectivity index (χ0) is 20.7. The second-order valence-corrected chi connectivity index (χ2v) is 9.75. The topological polar surface area (TPSA) is 94.8 Å². The summed E-state index contributed by atoms with van der Waals surface area (Å²) in [4.78, 5) is 24.4. The number of Topliss-reactive ketones (excluding diaryl/α,β-unsaturated/α-hetero) is 1. The molecule has 3 unspecified atom stereocenters. The summed E-state index contributed by atoms with van der Waals surface area (Å²) in [6, 6.07) is 0. The van der Waals surface area contributed by atoms with E-state index in [1.807, 2.05) is 0 Å². The van der Waals surface area contributed by atoms with Gasteiger partial charge in [-0.25, -0.2) is 4.39 Å². The lowest BCUT2D eigenvalue weighted by Gasteiger charge is -2.62. The maximum absolute atomic E-state index is 16.9. The molecule has 0 radical (unpaired) electrons. The van der Waals surface area contributed by atoms with E-state index in [4.69, 9.17) is 0 Å². The summed E-state index contributed by atoms with van der Waals surface area (Å²) in [6.45, 7) is 4.48. The minimum atomic E-state index is -1.98. The molecule has 0 heterocycles. The van der Waals surface area contributed by atoms with E-state index in [1.54, 1.807) is 26.8 Å². The van der Waals surface area contributed by atoms with E-state index in [0.29, 0.717) is 24.8 Å². The molecule has 0 bridgehead atoms. The van der Waals surface area contributed by atoms with Crippen molar-refractivity contribution in [3.8, 4) is 0 Å². The van der Waals surface area contributed by atoms with Crippen LogP contribution in [0.5, 0.6) is 0 Å². The Bertz CT molecular complexity index is 805. The molecule has 0 aromatic heterocycles. The predicted octanol–water partition coefficient (Wildman–Crippen LogP) is 1.90. The Morgan fingerprint density at radius 1 is 1.32 bits per heavy atom. The molecule has 3 N–H and O–H groups in total. The predicted molar refractivity (Wildman–Crippen MR) is 99.9 cm³/mol. The van der Waals surface area contributed by atoms with Gasteiger partial charge in [-0.15, -0.1) is 0 Å². The van der Waals surface area contributed by atoms with E-state index in [9.17, 15) is 24.9 Å². The monoisotopic (exact) mass is 392 g/mol. The van der Waals surface area contributed by atoms with E-state index in [0.717, 1.165) is 0 Å². The van der Waals surface area contributed by atoms with Crippen molar-refractivity contribution in [3.63, 3.8) is 0 Å². The Balaban J connectivity index is 1.84. The number of hydrogen-bond acceptors (Lipinski definition) is 5. The van der Waals surface area contributed by atoms with Gasteiger partial charge in [0.15, 0.2) is 17.2 Å². The van der Waals surface area contributed by atoms with Crippen LogP contribution in [-0.2, 0) is 9.59 Å². The highest BCUT2D eigenvalue weighted by Crippen LogP contribution is 2.70.